The molecular weight excluding hydrogens is 356 g/mol. The number of methoxy groups -OCH3 is 1. The minimum Gasteiger partial charge on any atom is -0.493 e. The molecule has 1 aromatic rings. The maximum Gasteiger partial charge on any atom is 0.169 e. The second kappa shape index (κ2) is 9.63. The zero-order valence-electron chi connectivity index (χ0n) is 17.0. The van der Waals surface area contributed by atoms with Gasteiger partial charge in [-0.2, -0.15) is 0 Å². The summed E-state index contributed by atoms with van der Waals surface area (Å²) < 4.78 is 11.3. The monoisotopic (exact) mass is 390 g/mol. The number of nitrogens with one attached hydrogen (secondary N) is 1. The molecule has 3 rings (SSSR count). The molecule has 0 aromatic heterocycles. The first kappa shape index (κ1) is 20.2. The maximum atomic E-state index is 5.80. The van der Waals surface area contributed by atoms with Gasteiger partial charge in [-0.25, -0.2) is 0 Å². The molecule has 0 aliphatic heterocycles. The summed E-state index contributed by atoms with van der Waals surface area (Å²) in [6.07, 6.45) is 7.54. The summed E-state index contributed by atoms with van der Waals surface area (Å²) >= 11 is 5.80. The van der Waals surface area contributed by atoms with E-state index in [2.05, 4.69) is 36.2 Å². The highest BCUT2D eigenvalue weighted by Gasteiger charge is 2.40. The van der Waals surface area contributed by atoms with Gasteiger partial charge >= 0.3 is 0 Å². The number of rotatable bonds is 9. The Kier molecular flexibility index (Phi) is 7.22. The predicted octanol–water partition coefficient (Wildman–Crippen LogP) is 4.76. The lowest BCUT2D eigenvalue weighted by molar-refractivity contribution is 0.293. The van der Waals surface area contributed by atoms with Crippen molar-refractivity contribution in [2.24, 2.45) is 11.8 Å². The third-order valence-corrected chi connectivity index (χ3v) is 6.27. The minimum atomic E-state index is 0.579. The molecule has 5 heteroatoms. The average molecular weight is 391 g/mol. The van der Waals surface area contributed by atoms with Crippen LogP contribution in [0.2, 0.25) is 0 Å². The standard InChI is InChI=1S/C22H34N2O2S/c1-4-10-24(22(27)23-19-13-16-6-8-18(19)12-16)15-17-7-9-20(26-11-5-2)21(14-17)25-3/h7,9,14,16,18-19H,4-6,8,10-13,15H2,1-3H3,(H,23,27)/t16-,18-,19-/m1/s1. The van der Waals surface area contributed by atoms with Crippen molar-refractivity contribution >= 4 is 17.3 Å². The summed E-state index contributed by atoms with van der Waals surface area (Å²) in [4.78, 5) is 2.29. The lowest BCUT2D eigenvalue weighted by atomic mass is 9.95. The fraction of sp³-hybridized carbons (Fsp3) is 0.682. The summed E-state index contributed by atoms with van der Waals surface area (Å²) in [7, 11) is 1.70. The second-order valence-electron chi connectivity index (χ2n) is 7.99. The van der Waals surface area contributed by atoms with Crippen molar-refractivity contribution in [3.63, 3.8) is 0 Å². The summed E-state index contributed by atoms with van der Waals surface area (Å²) in [6.45, 7) is 6.77. The smallest absolute Gasteiger partial charge is 0.169 e. The van der Waals surface area contributed by atoms with Crippen molar-refractivity contribution in [2.75, 3.05) is 20.3 Å². The first-order chi connectivity index (χ1) is 13.1. The first-order valence-electron chi connectivity index (χ1n) is 10.5. The molecule has 0 spiro atoms. The molecule has 150 valence electrons. The molecule has 0 unspecified atom stereocenters. The predicted molar refractivity (Wildman–Crippen MR) is 114 cm³/mol. The van der Waals surface area contributed by atoms with Crippen molar-refractivity contribution in [1.29, 1.82) is 0 Å². The number of hydrogen-bond donors (Lipinski definition) is 1. The van der Waals surface area contributed by atoms with E-state index >= 15 is 0 Å². The Morgan fingerprint density at radius 3 is 2.67 bits per heavy atom. The molecule has 1 N–H and O–H groups in total. The normalized spacial score (nSPS) is 23.3. The van der Waals surface area contributed by atoms with Gasteiger partial charge in [-0.3, -0.25) is 0 Å². The van der Waals surface area contributed by atoms with E-state index in [1.165, 1.54) is 31.2 Å². The molecule has 0 saturated heterocycles. The van der Waals surface area contributed by atoms with Gasteiger partial charge in [0.1, 0.15) is 0 Å². The van der Waals surface area contributed by atoms with E-state index < -0.39 is 0 Å². The van der Waals surface area contributed by atoms with Crippen molar-refractivity contribution in [1.82, 2.24) is 10.2 Å². The Labute approximate surface area is 169 Å². The van der Waals surface area contributed by atoms with Crippen LogP contribution < -0.4 is 14.8 Å². The number of nitrogens with zero attached hydrogens (tertiary/aromatic N) is 1. The van der Waals surface area contributed by atoms with Gasteiger partial charge in [-0.05, 0) is 73.9 Å². The van der Waals surface area contributed by atoms with Crippen molar-refractivity contribution in [3.05, 3.63) is 23.8 Å². The van der Waals surface area contributed by atoms with Gasteiger partial charge in [0.05, 0.1) is 13.7 Å². The molecule has 4 nitrogen and oxygen atoms in total. The Balaban J connectivity index is 1.63. The van der Waals surface area contributed by atoms with Crippen LogP contribution in [0.1, 0.15) is 57.9 Å². The molecule has 2 aliphatic rings. The van der Waals surface area contributed by atoms with Crippen LogP contribution >= 0.6 is 12.2 Å². The summed E-state index contributed by atoms with van der Waals surface area (Å²) in [5.41, 5.74) is 1.20. The highest BCUT2D eigenvalue weighted by molar-refractivity contribution is 7.80. The molecule has 2 fully saturated rings. The molecule has 0 radical (unpaired) electrons. The van der Waals surface area contributed by atoms with E-state index in [0.717, 1.165) is 54.4 Å². The summed E-state index contributed by atoms with van der Waals surface area (Å²) in [5, 5.41) is 4.59. The molecular formula is C22H34N2O2S. The van der Waals surface area contributed by atoms with E-state index in [0.29, 0.717) is 12.6 Å². The molecule has 1 aromatic carbocycles. The van der Waals surface area contributed by atoms with Crippen molar-refractivity contribution in [3.8, 4) is 11.5 Å². The van der Waals surface area contributed by atoms with Gasteiger partial charge in [0.15, 0.2) is 16.6 Å². The van der Waals surface area contributed by atoms with E-state index in [1.807, 2.05) is 6.07 Å². The first-order valence-corrected chi connectivity index (χ1v) is 10.9. The average Bonchev–Trinajstić information content (AvgIpc) is 3.29. The Morgan fingerprint density at radius 1 is 1.19 bits per heavy atom. The number of thiocarbonyl (C=S) groups is 1. The van der Waals surface area contributed by atoms with Crippen LogP contribution in [0, 0.1) is 11.8 Å². The molecule has 2 bridgehead atoms. The number of hydrogen-bond acceptors (Lipinski definition) is 3. The van der Waals surface area contributed by atoms with Gasteiger partial charge in [-0.1, -0.05) is 26.3 Å². The Morgan fingerprint density at radius 2 is 2.04 bits per heavy atom. The lowest BCUT2D eigenvalue weighted by Gasteiger charge is -2.31. The molecule has 2 aliphatic carbocycles. The molecule has 0 heterocycles. The third-order valence-electron chi connectivity index (χ3n) is 5.89. The van der Waals surface area contributed by atoms with E-state index in [9.17, 15) is 0 Å². The zero-order chi connectivity index (χ0) is 19.2. The highest BCUT2D eigenvalue weighted by atomic mass is 32.1. The number of ether oxygens (including phenoxy) is 2. The van der Waals surface area contributed by atoms with Gasteiger partial charge in [0.2, 0.25) is 0 Å². The van der Waals surface area contributed by atoms with Crippen LogP contribution in [-0.2, 0) is 6.54 Å². The highest BCUT2D eigenvalue weighted by Crippen LogP contribution is 2.44. The van der Waals surface area contributed by atoms with Crippen LogP contribution in [0.5, 0.6) is 11.5 Å². The van der Waals surface area contributed by atoms with Gasteiger partial charge in [-0.15, -0.1) is 0 Å². The maximum absolute atomic E-state index is 5.80. The molecule has 2 saturated carbocycles. The number of fused-ring (bicyclic) bond motifs is 2. The van der Waals surface area contributed by atoms with E-state index in [-0.39, 0.29) is 0 Å². The summed E-state index contributed by atoms with van der Waals surface area (Å²) in [6, 6.07) is 6.79. The second-order valence-corrected chi connectivity index (χ2v) is 8.37. The molecule has 3 atom stereocenters. The van der Waals surface area contributed by atoms with Crippen LogP contribution in [0.15, 0.2) is 18.2 Å². The topological polar surface area (TPSA) is 33.7 Å². The summed E-state index contributed by atoms with van der Waals surface area (Å²) in [5.74, 6) is 3.36. The third kappa shape index (κ3) is 5.07. The fourth-order valence-electron chi connectivity index (χ4n) is 4.56. The van der Waals surface area contributed by atoms with E-state index in [1.54, 1.807) is 7.11 Å². The van der Waals surface area contributed by atoms with Crippen LogP contribution in [0.4, 0.5) is 0 Å². The zero-order valence-corrected chi connectivity index (χ0v) is 17.8. The Bertz CT molecular complexity index is 637. The minimum absolute atomic E-state index is 0.579. The van der Waals surface area contributed by atoms with Crippen molar-refractivity contribution < 1.29 is 9.47 Å². The van der Waals surface area contributed by atoms with Crippen LogP contribution in [0.25, 0.3) is 0 Å². The lowest BCUT2D eigenvalue weighted by Crippen LogP contribution is -2.46. The van der Waals surface area contributed by atoms with E-state index in [4.69, 9.17) is 21.7 Å². The van der Waals surface area contributed by atoms with Crippen LogP contribution in [-0.4, -0.2) is 36.3 Å². The van der Waals surface area contributed by atoms with Crippen LogP contribution in [0.3, 0.4) is 0 Å². The molecule has 0 amide bonds. The van der Waals surface area contributed by atoms with Gasteiger partial charge in [0, 0.05) is 19.1 Å². The Hall–Kier alpha value is -1.49. The SMILES string of the molecule is CCCOc1ccc(CN(CCC)C(=S)N[C@@H]2C[C@@H]3CC[C@@H]2C3)cc1OC. The number of benzene rings is 1. The quantitative estimate of drug-likeness (QED) is 0.615. The molecule has 27 heavy (non-hydrogen) atoms. The van der Waals surface area contributed by atoms with Crippen molar-refractivity contribution in [2.45, 2.75) is 65.0 Å². The largest absolute Gasteiger partial charge is 0.493 e. The van der Waals surface area contributed by atoms with Gasteiger partial charge < -0.3 is 19.7 Å². The van der Waals surface area contributed by atoms with Gasteiger partial charge in [0.25, 0.3) is 0 Å². The fourth-order valence-corrected chi connectivity index (χ4v) is 4.86.